The average molecular weight is 520 g/mol. The third-order valence-corrected chi connectivity index (χ3v) is 7.60. The van der Waals surface area contributed by atoms with Crippen molar-refractivity contribution in [2.75, 3.05) is 61.1 Å². The van der Waals surface area contributed by atoms with Crippen molar-refractivity contribution >= 4 is 34.6 Å². The molecule has 2 aliphatic rings. The van der Waals surface area contributed by atoms with Gasteiger partial charge in [0.25, 0.3) is 0 Å². The minimum Gasteiger partial charge on any atom is -0.495 e. The van der Waals surface area contributed by atoms with Gasteiger partial charge in [0.1, 0.15) is 29.4 Å². The summed E-state index contributed by atoms with van der Waals surface area (Å²) in [7, 11) is 1.56. The number of nitrogens with zero attached hydrogens (tertiary/aromatic N) is 7. The van der Waals surface area contributed by atoms with Crippen LogP contribution in [0.4, 0.5) is 17.3 Å². The molecule has 10 heteroatoms. The van der Waals surface area contributed by atoms with Gasteiger partial charge in [0.2, 0.25) is 0 Å². The second-order valence-corrected chi connectivity index (χ2v) is 9.89. The zero-order chi connectivity index (χ0) is 25.4. The van der Waals surface area contributed by atoms with Crippen molar-refractivity contribution in [3.05, 3.63) is 59.6 Å². The summed E-state index contributed by atoms with van der Waals surface area (Å²) in [5.41, 5.74) is 4.26. The van der Waals surface area contributed by atoms with E-state index in [4.69, 9.17) is 21.3 Å². The number of aromatic nitrogens is 4. The van der Waals surface area contributed by atoms with Gasteiger partial charge in [-0.2, -0.15) is 0 Å². The number of pyridine rings is 1. The predicted octanol–water partition coefficient (Wildman–Crippen LogP) is 3.87. The van der Waals surface area contributed by atoms with Gasteiger partial charge >= 0.3 is 0 Å². The number of aliphatic hydroxyl groups excluding tert-OH is 1. The number of aliphatic hydroxyl groups is 1. The van der Waals surface area contributed by atoms with E-state index in [1.165, 1.54) is 12.8 Å². The zero-order valence-electron chi connectivity index (χ0n) is 20.8. The number of fused-ring (bicyclic) bond motifs is 1. The molecule has 0 atom stereocenters. The van der Waals surface area contributed by atoms with Gasteiger partial charge in [-0.05, 0) is 36.6 Å². The lowest BCUT2D eigenvalue weighted by Crippen LogP contribution is -2.46. The first-order valence-corrected chi connectivity index (χ1v) is 13.0. The summed E-state index contributed by atoms with van der Waals surface area (Å²) < 4.78 is 7.29. The van der Waals surface area contributed by atoms with Crippen LogP contribution in [0.3, 0.4) is 0 Å². The van der Waals surface area contributed by atoms with Gasteiger partial charge in [0.15, 0.2) is 0 Å². The smallest absolute Gasteiger partial charge is 0.139 e. The van der Waals surface area contributed by atoms with Crippen molar-refractivity contribution in [3.8, 4) is 17.0 Å². The highest BCUT2D eigenvalue weighted by Gasteiger charge is 2.21. The van der Waals surface area contributed by atoms with Crippen molar-refractivity contribution in [2.24, 2.45) is 0 Å². The maximum atomic E-state index is 9.90. The van der Waals surface area contributed by atoms with E-state index in [-0.39, 0.29) is 6.61 Å². The second kappa shape index (κ2) is 10.1. The summed E-state index contributed by atoms with van der Waals surface area (Å²) in [6.45, 7) is 5.62. The van der Waals surface area contributed by atoms with Crippen LogP contribution < -0.4 is 19.4 Å². The Morgan fingerprint density at radius 1 is 0.919 bits per heavy atom. The molecule has 1 aromatic carbocycles. The van der Waals surface area contributed by atoms with Crippen molar-refractivity contribution in [2.45, 2.75) is 19.4 Å². The molecule has 2 fully saturated rings. The van der Waals surface area contributed by atoms with Gasteiger partial charge in [-0.15, -0.1) is 0 Å². The number of hydrogen-bond donors (Lipinski definition) is 1. The molecule has 4 aromatic rings. The summed E-state index contributed by atoms with van der Waals surface area (Å²) in [5, 5.41) is 10.4. The molecule has 0 spiro atoms. The van der Waals surface area contributed by atoms with Crippen LogP contribution in [0, 0.1) is 0 Å². The molecule has 2 aliphatic heterocycles. The standard InChI is InChI=1S/C27H30ClN7O2/c1-37-24-12-19(17-36)21(14-22(24)28)23-16-35-7-4-20(13-27(35)31-23)32-8-10-34(11-9-32)26-15-25(29-18-30-26)33-5-2-3-6-33/h4,7,12-16,18,36H,2-3,5-6,8-11,17H2,1H3. The third-order valence-electron chi connectivity index (χ3n) is 7.30. The van der Waals surface area contributed by atoms with Crippen LogP contribution in [-0.4, -0.2) is 70.8 Å². The van der Waals surface area contributed by atoms with Crippen LogP contribution in [0.5, 0.6) is 5.75 Å². The molecular formula is C27H30ClN7O2. The average Bonchev–Trinajstić information content (AvgIpc) is 3.63. The van der Waals surface area contributed by atoms with Crippen LogP contribution in [0.25, 0.3) is 16.9 Å². The van der Waals surface area contributed by atoms with Crippen molar-refractivity contribution in [1.29, 1.82) is 0 Å². The Kier molecular flexibility index (Phi) is 6.48. The molecule has 9 nitrogen and oxygen atoms in total. The molecule has 0 radical (unpaired) electrons. The highest BCUT2D eigenvalue weighted by molar-refractivity contribution is 6.32. The molecule has 0 unspecified atom stereocenters. The summed E-state index contributed by atoms with van der Waals surface area (Å²) in [4.78, 5) is 21.0. The first-order valence-electron chi connectivity index (χ1n) is 12.7. The molecule has 0 aliphatic carbocycles. The van der Waals surface area contributed by atoms with Crippen LogP contribution in [0.15, 0.2) is 49.1 Å². The van der Waals surface area contributed by atoms with E-state index in [2.05, 4.69) is 42.9 Å². The number of ether oxygens (including phenoxy) is 1. The fourth-order valence-corrected chi connectivity index (χ4v) is 5.48. The monoisotopic (exact) mass is 519 g/mol. The summed E-state index contributed by atoms with van der Waals surface area (Å²) in [5.74, 6) is 2.57. The Morgan fingerprint density at radius 3 is 2.32 bits per heavy atom. The number of methoxy groups -OCH3 is 1. The Bertz CT molecular complexity index is 1410. The van der Waals surface area contributed by atoms with Crippen LogP contribution in [0.2, 0.25) is 5.02 Å². The molecule has 0 bridgehead atoms. The molecular weight excluding hydrogens is 490 g/mol. The van der Waals surface area contributed by atoms with E-state index < -0.39 is 0 Å². The first-order chi connectivity index (χ1) is 18.1. The van der Waals surface area contributed by atoms with Crippen LogP contribution in [0.1, 0.15) is 18.4 Å². The lowest BCUT2D eigenvalue weighted by Gasteiger charge is -2.36. The minimum absolute atomic E-state index is 0.127. The molecule has 3 aromatic heterocycles. The number of rotatable bonds is 6. The van der Waals surface area contributed by atoms with Gasteiger partial charge in [0.05, 0.1) is 24.4 Å². The van der Waals surface area contributed by atoms with Crippen molar-refractivity contribution in [3.63, 3.8) is 0 Å². The third kappa shape index (κ3) is 4.65. The lowest BCUT2D eigenvalue weighted by atomic mass is 10.1. The normalized spacial score (nSPS) is 16.1. The van der Waals surface area contributed by atoms with E-state index in [0.29, 0.717) is 10.8 Å². The van der Waals surface area contributed by atoms with Crippen LogP contribution in [-0.2, 0) is 6.61 Å². The topological polar surface area (TPSA) is 82.3 Å². The first kappa shape index (κ1) is 23.8. The number of hydrogen-bond acceptors (Lipinski definition) is 8. The number of halogens is 1. The van der Waals surface area contributed by atoms with E-state index in [1.54, 1.807) is 25.6 Å². The SMILES string of the molecule is COc1cc(CO)c(-c2cn3ccc(N4CCN(c5cc(N6CCCC6)ncn5)CC4)cc3n2)cc1Cl. The molecule has 1 N–H and O–H groups in total. The van der Waals surface area contributed by atoms with Gasteiger partial charge in [-0.3, -0.25) is 0 Å². The molecule has 0 amide bonds. The molecule has 37 heavy (non-hydrogen) atoms. The molecule has 0 saturated carbocycles. The summed E-state index contributed by atoms with van der Waals surface area (Å²) >= 11 is 6.37. The predicted molar refractivity (Wildman–Crippen MR) is 146 cm³/mol. The van der Waals surface area contributed by atoms with Crippen molar-refractivity contribution in [1.82, 2.24) is 19.4 Å². The number of anilines is 3. The van der Waals surface area contributed by atoms with E-state index in [9.17, 15) is 5.11 Å². The van der Waals surface area contributed by atoms with Gasteiger partial charge in [0, 0.05) is 75.0 Å². The number of imidazole rings is 1. The molecule has 5 heterocycles. The van der Waals surface area contributed by atoms with Gasteiger partial charge in [-0.25, -0.2) is 15.0 Å². The fraction of sp³-hybridized carbons (Fsp3) is 0.370. The zero-order valence-corrected chi connectivity index (χ0v) is 21.6. The molecule has 192 valence electrons. The van der Waals surface area contributed by atoms with E-state index in [0.717, 1.165) is 79.1 Å². The Morgan fingerprint density at radius 2 is 1.62 bits per heavy atom. The largest absolute Gasteiger partial charge is 0.495 e. The Labute approximate surface area is 220 Å². The second-order valence-electron chi connectivity index (χ2n) is 9.48. The Balaban J connectivity index is 1.19. The number of benzene rings is 1. The van der Waals surface area contributed by atoms with Gasteiger partial charge < -0.3 is 28.9 Å². The van der Waals surface area contributed by atoms with Crippen molar-refractivity contribution < 1.29 is 9.84 Å². The maximum Gasteiger partial charge on any atom is 0.139 e. The van der Waals surface area contributed by atoms with Crippen LogP contribution >= 0.6 is 11.6 Å². The molecule has 2 saturated heterocycles. The fourth-order valence-electron chi connectivity index (χ4n) is 5.24. The quantitative estimate of drug-likeness (QED) is 0.411. The summed E-state index contributed by atoms with van der Waals surface area (Å²) in [6, 6.07) is 9.93. The molecule has 6 rings (SSSR count). The minimum atomic E-state index is -0.127. The highest BCUT2D eigenvalue weighted by atomic mass is 35.5. The summed E-state index contributed by atoms with van der Waals surface area (Å²) in [6.07, 6.45) is 8.15. The van der Waals surface area contributed by atoms with E-state index in [1.807, 2.05) is 16.8 Å². The number of piperazine rings is 1. The maximum absolute atomic E-state index is 9.90. The van der Waals surface area contributed by atoms with E-state index >= 15 is 0 Å². The highest BCUT2D eigenvalue weighted by Crippen LogP contribution is 2.34. The Hall–Kier alpha value is -3.56. The van der Waals surface area contributed by atoms with Gasteiger partial charge in [-0.1, -0.05) is 11.6 Å². The lowest BCUT2D eigenvalue weighted by molar-refractivity contribution is 0.281.